The predicted molar refractivity (Wildman–Crippen MR) is 63.2 cm³/mol. The van der Waals surface area contributed by atoms with E-state index in [2.05, 4.69) is 17.5 Å². The van der Waals surface area contributed by atoms with Gasteiger partial charge >= 0.3 is 0 Å². The van der Waals surface area contributed by atoms with Crippen molar-refractivity contribution in [1.29, 1.82) is 0 Å². The highest BCUT2D eigenvalue weighted by atomic mass is 16.3. The van der Waals surface area contributed by atoms with E-state index in [-0.39, 0.29) is 17.6 Å². The van der Waals surface area contributed by atoms with Gasteiger partial charge in [0.05, 0.1) is 0 Å². The standard InChI is InChI=1S/C13H15NO2/c15-12-8-6-11(7-9-12)14-13(16)10-4-2-1-3-5-10/h1-2,6-10,15H,3-5H2,(H,14,16)/t10-/m0/s1. The molecule has 1 aliphatic rings. The number of amides is 1. The van der Waals surface area contributed by atoms with E-state index < -0.39 is 0 Å². The molecular formula is C13H15NO2. The summed E-state index contributed by atoms with van der Waals surface area (Å²) in [5, 5.41) is 12.0. The van der Waals surface area contributed by atoms with Crippen molar-refractivity contribution in [3.8, 4) is 5.75 Å². The number of hydrogen-bond donors (Lipinski definition) is 2. The van der Waals surface area contributed by atoms with Gasteiger partial charge in [-0.1, -0.05) is 12.2 Å². The van der Waals surface area contributed by atoms with Crippen molar-refractivity contribution in [1.82, 2.24) is 0 Å². The zero-order valence-corrected chi connectivity index (χ0v) is 9.02. The number of phenols is 1. The summed E-state index contributed by atoms with van der Waals surface area (Å²) in [6.45, 7) is 0. The third-order valence-electron chi connectivity index (χ3n) is 2.77. The van der Waals surface area contributed by atoms with Gasteiger partial charge in [-0.25, -0.2) is 0 Å². The molecule has 0 bridgehead atoms. The number of aromatic hydroxyl groups is 1. The highest BCUT2D eigenvalue weighted by Crippen LogP contribution is 2.21. The second kappa shape index (κ2) is 4.84. The van der Waals surface area contributed by atoms with Gasteiger partial charge in [0.25, 0.3) is 0 Å². The number of carbonyl (C=O) groups excluding carboxylic acids is 1. The first-order valence-corrected chi connectivity index (χ1v) is 5.50. The van der Waals surface area contributed by atoms with Crippen molar-refractivity contribution in [2.24, 2.45) is 5.92 Å². The minimum atomic E-state index is 0.0649. The van der Waals surface area contributed by atoms with E-state index in [9.17, 15) is 4.79 Å². The summed E-state index contributed by atoms with van der Waals surface area (Å²) in [6.07, 6.45) is 6.90. The molecule has 1 aromatic rings. The summed E-state index contributed by atoms with van der Waals surface area (Å²) in [5.41, 5.74) is 0.734. The summed E-state index contributed by atoms with van der Waals surface area (Å²) >= 11 is 0. The Kier molecular flexibility index (Phi) is 3.25. The Morgan fingerprint density at radius 3 is 2.62 bits per heavy atom. The monoisotopic (exact) mass is 217 g/mol. The number of nitrogens with one attached hydrogen (secondary N) is 1. The van der Waals surface area contributed by atoms with E-state index in [4.69, 9.17) is 5.11 Å². The van der Waals surface area contributed by atoms with Crippen LogP contribution in [0.25, 0.3) is 0 Å². The largest absolute Gasteiger partial charge is 0.508 e. The van der Waals surface area contributed by atoms with Crippen LogP contribution in [0.1, 0.15) is 19.3 Å². The molecule has 0 spiro atoms. The Bertz CT molecular complexity index is 395. The van der Waals surface area contributed by atoms with E-state index >= 15 is 0 Å². The number of benzene rings is 1. The fraction of sp³-hybridized carbons (Fsp3) is 0.308. The fourth-order valence-corrected chi connectivity index (χ4v) is 1.82. The molecule has 0 radical (unpaired) electrons. The average Bonchev–Trinajstić information content (AvgIpc) is 2.33. The molecule has 1 aliphatic carbocycles. The normalized spacial score (nSPS) is 19.4. The second-order valence-corrected chi connectivity index (χ2v) is 4.02. The molecule has 1 aromatic carbocycles. The van der Waals surface area contributed by atoms with Crippen LogP contribution < -0.4 is 5.32 Å². The molecule has 84 valence electrons. The molecule has 0 aromatic heterocycles. The van der Waals surface area contributed by atoms with Crippen molar-refractivity contribution < 1.29 is 9.90 Å². The van der Waals surface area contributed by atoms with Crippen LogP contribution in [0.3, 0.4) is 0 Å². The number of allylic oxidation sites excluding steroid dienone is 2. The molecule has 0 heterocycles. The molecule has 2 N–H and O–H groups in total. The van der Waals surface area contributed by atoms with E-state index in [0.717, 1.165) is 24.9 Å². The van der Waals surface area contributed by atoms with Crippen LogP contribution in [-0.4, -0.2) is 11.0 Å². The molecule has 2 rings (SSSR count). The molecule has 0 aliphatic heterocycles. The first kappa shape index (κ1) is 10.7. The maximum atomic E-state index is 11.8. The summed E-state index contributed by atoms with van der Waals surface area (Å²) in [5.74, 6) is 0.354. The molecule has 0 saturated heterocycles. The Labute approximate surface area is 94.8 Å². The Hall–Kier alpha value is -1.77. The Balaban J connectivity index is 1.96. The van der Waals surface area contributed by atoms with Crippen LogP contribution in [0.4, 0.5) is 5.69 Å². The molecular weight excluding hydrogens is 202 g/mol. The lowest BCUT2D eigenvalue weighted by molar-refractivity contribution is -0.120. The molecule has 3 heteroatoms. The number of rotatable bonds is 2. The van der Waals surface area contributed by atoms with Crippen LogP contribution >= 0.6 is 0 Å². The van der Waals surface area contributed by atoms with Gasteiger partial charge in [-0.05, 0) is 43.5 Å². The maximum absolute atomic E-state index is 11.8. The molecule has 0 unspecified atom stereocenters. The van der Waals surface area contributed by atoms with Gasteiger partial charge in [0.15, 0.2) is 0 Å². The minimum absolute atomic E-state index is 0.0649. The van der Waals surface area contributed by atoms with E-state index in [1.807, 2.05) is 0 Å². The smallest absolute Gasteiger partial charge is 0.227 e. The zero-order chi connectivity index (χ0) is 11.4. The summed E-state index contributed by atoms with van der Waals surface area (Å²) in [4.78, 5) is 11.8. The van der Waals surface area contributed by atoms with E-state index in [0.29, 0.717) is 0 Å². The summed E-state index contributed by atoms with van der Waals surface area (Å²) < 4.78 is 0. The first-order valence-electron chi connectivity index (χ1n) is 5.50. The van der Waals surface area contributed by atoms with Gasteiger partial charge in [-0.15, -0.1) is 0 Å². The SMILES string of the molecule is O=C(Nc1ccc(O)cc1)[C@H]1CC=CCC1. The van der Waals surface area contributed by atoms with Crippen LogP contribution in [-0.2, 0) is 4.79 Å². The van der Waals surface area contributed by atoms with E-state index in [1.54, 1.807) is 24.3 Å². The van der Waals surface area contributed by atoms with Crippen LogP contribution in [0.15, 0.2) is 36.4 Å². The molecule has 0 saturated carbocycles. The lowest BCUT2D eigenvalue weighted by atomic mass is 9.93. The molecule has 1 amide bonds. The fourth-order valence-electron chi connectivity index (χ4n) is 1.82. The van der Waals surface area contributed by atoms with Crippen molar-refractivity contribution >= 4 is 11.6 Å². The van der Waals surface area contributed by atoms with Gasteiger partial charge in [-0.2, -0.15) is 0 Å². The number of phenolic OH excluding ortho intramolecular Hbond substituents is 1. The van der Waals surface area contributed by atoms with E-state index in [1.165, 1.54) is 0 Å². The first-order chi connectivity index (χ1) is 7.75. The topological polar surface area (TPSA) is 49.3 Å². The van der Waals surface area contributed by atoms with Crippen molar-refractivity contribution in [3.63, 3.8) is 0 Å². The third-order valence-corrected chi connectivity index (χ3v) is 2.77. The number of hydrogen-bond acceptors (Lipinski definition) is 2. The highest BCUT2D eigenvalue weighted by molar-refractivity contribution is 5.92. The molecule has 0 fully saturated rings. The number of anilines is 1. The maximum Gasteiger partial charge on any atom is 0.227 e. The highest BCUT2D eigenvalue weighted by Gasteiger charge is 2.18. The summed E-state index contributed by atoms with van der Waals surface area (Å²) in [7, 11) is 0. The zero-order valence-electron chi connectivity index (χ0n) is 9.02. The quantitative estimate of drug-likeness (QED) is 0.591. The van der Waals surface area contributed by atoms with Crippen molar-refractivity contribution in [3.05, 3.63) is 36.4 Å². The van der Waals surface area contributed by atoms with Crippen LogP contribution in [0, 0.1) is 5.92 Å². The van der Waals surface area contributed by atoms with Crippen LogP contribution in [0.5, 0.6) is 5.75 Å². The second-order valence-electron chi connectivity index (χ2n) is 4.02. The molecule has 16 heavy (non-hydrogen) atoms. The Morgan fingerprint density at radius 1 is 1.25 bits per heavy atom. The molecule has 1 atom stereocenters. The minimum Gasteiger partial charge on any atom is -0.508 e. The average molecular weight is 217 g/mol. The third kappa shape index (κ3) is 2.63. The molecule has 3 nitrogen and oxygen atoms in total. The van der Waals surface area contributed by atoms with Crippen molar-refractivity contribution in [2.45, 2.75) is 19.3 Å². The lowest BCUT2D eigenvalue weighted by Gasteiger charge is -2.17. The number of carbonyl (C=O) groups is 1. The lowest BCUT2D eigenvalue weighted by Crippen LogP contribution is -2.23. The van der Waals surface area contributed by atoms with Gasteiger partial charge in [-0.3, -0.25) is 4.79 Å². The van der Waals surface area contributed by atoms with Gasteiger partial charge in [0, 0.05) is 11.6 Å². The Morgan fingerprint density at radius 2 is 2.00 bits per heavy atom. The van der Waals surface area contributed by atoms with Crippen LogP contribution in [0.2, 0.25) is 0 Å². The summed E-state index contributed by atoms with van der Waals surface area (Å²) in [6, 6.07) is 6.53. The van der Waals surface area contributed by atoms with Gasteiger partial charge in [0.2, 0.25) is 5.91 Å². The van der Waals surface area contributed by atoms with Crippen molar-refractivity contribution in [2.75, 3.05) is 5.32 Å². The van der Waals surface area contributed by atoms with Gasteiger partial charge < -0.3 is 10.4 Å². The predicted octanol–water partition coefficient (Wildman–Crippen LogP) is 2.69. The van der Waals surface area contributed by atoms with Gasteiger partial charge in [0.1, 0.15) is 5.75 Å².